The van der Waals surface area contributed by atoms with Gasteiger partial charge in [0.2, 0.25) is 0 Å². The SMILES string of the molecule is CC[C@@H](Oc1ccc2c(c1)CCCC2)C(=O)Nc1cc(OC)c(Cl)cc1OC. The minimum Gasteiger partial charge on any atom is -0.495 e. The number of hydrogen-bond acceptors (Lipinski definition) is 4. The standard InChI is InChI=1S/C22H26ClNO4/c1-4-19(28-16-10-9-14-7-5-6-8-15(14)11-16)22(25)24-18-13-20(26-2)17(23)12-21(18)27-3/h9-13,19H,4-8H2,1-3H3,(H,24,25)/t19-/m1/s1. The molecule has 1 amide bonds. The summed E-state index contributed by atoms with van der Waals surface area (Å²) in [5, 5.41) is 3.28. The fraction of sp³-hybridized carbons (Fsp3) is 0.409. The van der Waals surface area contributed by atoms with Crippen molar-refractivity contribution in [3.63, 3.8) is 0 Å². The zero-order valence-electron chi connectivity index (χ0n) is 16.5. The van der Waals surface area contributed by atoms with Crippen molar-refractivity contribution in [2.75, 3.05) is 19.5 Å². The molecule has 0 spiro atoms. The number of halogens is 1. The molecule has 1 N–H and O–H groups in total. The molecule has 150 valence electrons. The number of nitrogens with one attached hydrogen (secondary N) is 1. The Bertz CT molecular complexity index is 853. The Balaban J connectivity index is 1.75. The van der Waals surface area contributed by atoms with Crippen LogP contribution in [-0.4, -0.2) is 26.2 Å². The van der Waals surface area contributed by atoms with Gasteiger partial charge in [0.1, 0.15) is 17.2 Å². The summed E-state index contributed by atoms with van der Waals surface area (Å²) in [5.74, 6) is 1.40. The fourth-order valence-corrected chi connectivity index (χ4v) is 3.67. The maximum atomic E-state index is 12.8. The first-order chi connectivity index (χ1) is 13.5. The number of methoxy groups -OCH3 is 2. The number of hydrogen-bond donors (Lipinski definition) is 1. The molecule has 0 saturated heterocycles. The molecular formula is C22H26ClNO4. The molecule has 0 aliphatic heterocycles. The summed E-state index contributed by atoms with van der Waals surface area (Å²) < 4.78 is 16.6. The molecule has 0 bridgehead atoms. The molecule has 1 atom stereocenters. The number of amides is 1. The summed E-state index contributed by atoms with van der Waals surface area (Å²) in [7, 11) is 3.04. The van der Waals surface area contributed by atoms with Crippen LogP contribution >= 0.6 is 11.6 Å². The molecule has 0 aromatic heterocycles. The number of carbonyl (C=O) groups excluding carboxylic acids is 1. The van der Waals surface area contributed by atoms with Crippen molar-refractivity contribution < 1.29 is 19.0 Å². The van der Waals surface area contributed by atoms with Gasteiger partial charge in [-0.15, -0.1) is 0 Å². The van der Waals surface area contributed by atoms with Gasteiger partial charge in [-0.1, -0.05) is 24.6 Å². The van der Waals surface area contributed by atoms with Gasteiger partial charge in [-0.05, 0) is 55.4 Å². The van der Waals surface area contributed by atoms with Gasteiger partial charge in [-0.3, -0.25) is 4.79 Å². The van der Waals surface area contributed by atoms with Crippen molar-refractivity contribution in [1.82, 2.24) is 0 Å². The van der Waals surface area contributed by atoms with Gasteiger partial charge in [0, 0.05) is 12.1 Å². The highest BCUT2D eigenvalue weighted by Gasteiger charge is 2.22. The van der Waals surface area contributed by atoms with Crippen LogP contribution < -0.4 is 19.5 Å². The third kappa shape index (κ3) is 4.53. The summed E-state index contributed by atoms with van der Waals surface area (Å²) >= 11 is 6.13. The van der Waals surface area contributed by atoms with Gasteiger partial charge in [0.15, 0.2) is 6.10 Å². The number of aryl methyl sites for hydroxylation is 2. The van der Waals surface area contributed by atoms with Gasteiger partial charge in [-0.2, -0.15) is 0 Å². The minimum absolute atomic E-state index is 0.247. The minimum atomic E-state index is -0.618. The lowest BCUT2D eigenvalue weighted by atomic mass is 9.92. The van der Waals surface area contributed by atoms with Gasteiger partial charge in [0.25, 0.3) is 5.91 Å². The van der Waals surface area contributed by atoms with Crippen LogP contribution in [-0.2, 0) is 17.6 Å². The molecule has 28 heavy (non-hydrogen) atoms. The Kier molecular flexibility index (Phi) is 6.68. The van der Waals surface area contributed by atoms with E-state index in [0.717, 1.165) is 18.6 Å². The molecule has 3 rings (SSSR count). The first-order valence-electron chi connectivity index (χ1n) is 9.56. The number of fused-ring (bicyclic) bond motifs is 1. The summed E-state index contributed by atoms with van der Waals surface area (Å²) in [6.07, 6.45) is 4.54. The second kappa shape index (κ2) is 9.20. The van der Waals surface area contributed by atoms with Crippen molar-refractivity contribution in [3.05, 3.63) is 46.5 Å². The zero-order valence-corrected chi connectivity index (χ0v) is 17.3. The number of benzene rings is 2. The van der Waals surface area contributed by atoms with E-state index in [9.17, 15) is 4.79 Å². The lowest BCUT2D eigenvalue weighted by Crippen LogP contribution is -2.32. The first-order valence-corrected chi connectivity index (χ1v) is 9.94. The van der Waals surface area contributed by atoms with Gasteiger partial charge in [-0.25, -0.2) is 0 Å². The van der Waals surface area contributed by atoms with Crippen molar-refractivity contribution in [2.24, 2.45) is 0 Å². The summed E-state index contributed by atoms with van der Waals surface area (Å²) in [6, 6.07) is 9.38. The van der Waals surface area contributed by atoms with Crippen LogP contribution in [0.3, 0.4) is 0 Å². The molecule has 5 nitrogen and oxygen atoms in total. The molecular weight excluding hydrogens is 378 g/mol. The van der Waals surface area contributed by atoms with Crippen molar-refractivity contribution in [1.29, 1.82) is 0 Å². The highest BCUT2D eigenvalue weighted by Crippen LogP contribution is 2.36. The van der Waals surface area contributed by atoms with E-state index in [1.54, 1.807) is 12.1 Å². The summed E-state index contributed by atoms with van der Waals surface area (Å²) in [6.45, 7) is 1.92. The zero-order chi connectivity index (χ0) is 20.1. The molecule has 2 aromatic carbocycles. The van der Waals surface area contributed by atoms with Crippen LogP contribution in [0.25, 0.3) is 0 Å². The van der Waals surface area contributed by atoms with Crippen LogP contribution in [0, 0.1) is 0 Å². The largest absolute Gasteiger partial charge is 0.495 e. The van der Waals surface area contributed by atoms with E-state index in [0.29, 0.717) is 28.6 Å². The smallest absolute Gasteiger partial charge is 0.265 e. The molecule has 1 aliphatic rings. The fourth-order valence-electron chi connectivity index (χ4n) is 3.44. The summed E-state index contributed by atoms with van der Waals surface area (Å²) in [4.78, 5) is 12.8. The number of rotatable bonds is 7. The molecule has 6 heteroatoms. The van der Waals surface area contributed by atoms with E-state index in [-0.39, 0.29) is 5.91 Å². The average molecular weight is 404 g/mol. The predicted octanol–water partition coefficient (Wildman–Crippen LogP) is 5.03. The van der Waals surface area contributed by atoms with Gasteiger partial charge < -0.3 is 19.5 Å². The quantitative estimate of drug-likeness (QED) is 0.704. The molecule has 0 unspecified atom stereocenters. The maximum absolute atomic E-state index is 12.8. The number of carbonyl (C=O) groups is 1. The normalized spacial score (nSPS) is 14.0. The molecule has 0 heterocycles. The maximum Gasteiger partial charge on any atom is 0.265 e. The van der Waals surface area contributed by atoms with E-state index < -0.39 is 6.10 Å². The molecule has 2 aromatic rings. The topological polar surface area (TPSA) is 56.8 Å². The number of ether oxygens (including phenoxy) is 3. The van der Waals surface area contributed by atoms with Crippen LogP contribution in [0.2, 0.25) is 5.02 Å². The second-order valence-electron chi connectivity index (χ2n) is 6.83. The van der Waals surface area contributed by atoms with Gasteiger partial charge in [0.05, 0.1) is 24.9 Å². The van der Waals surface area contributed by atoms with Crippen LogP contribution in [0.4, 0.5) is 5.69 Å². The van der Waals surface area contributed by atoms with Crippen molar-refractivity contribution in [3.8, 4) is 17.2 Å². The lowest BCUT2D eigenvalue weighted by molar-refractivity contribution is -0.122. The average Bonchev–Trinajstić information content (AvgIpc) is 2.72. The van der Waals surface area contributed by atoms with E-state index in [1.807, 2.05) is 13.0 Å². The van der Waals surface area contributed by atoms with E-state index in [1.165, 1.54) is 38.2 Å². The predicted molar refractivity (Wildman–Crippen MR) is 111 cm³/mol. The monoisotopic (exact) mass is 403 g/mol. The third-order valence-corrected chi connectivity index (χ3v) is 5.29. The van der Waals surface area contributed by atoms with Crippen molar-refractivity contribution >= 4 is 23.2 Å². The van der Waals surface area contributed by atoms with Crippen LogP contribution in [0.15, 0.2) is 30.3 Å². The number of anilines is 1. The summed E-state index contributed by atoms with van der Waals surface area (Å²) in [5.41, 5.74) is 3.19. The van der Waals surface area contributed by atoms with Crippen LogP contribution in [0.5, 0.6) is 17.2 Å². The van der Waals surface area contributed by atoms with Crippen molar-refractivity contribution in [2.45, 2.75) is 45.1 Å². The van der Waals surface area contributed by atoms with E-state index in [4.69, 9.17) is 25.8 Å². The Morgan fingerprint density at radius 3 is 2.46 bits per heavy atom. The Hall–Kier alpha value is -2.40. The lowest BCUT2D eigenvalue weighted by Gasteiger charge is -2.21. The first kappa shape index (κ1) is 20.3. The molecule has 0 radical (unpaired) electrons. The Labute approximate surface area is 170 Å². The highest BCUT2D eigenvalue weighted by molar-refractivity contribution is 6.32. The molecule has 0 fully saturated rings. The Morgan fingerprint density at radius 2 is 1.79 bits per heavy atom. The van der Waals surface area contributed by atoms with E-state index in [2.05, 4.69) is 17.4 Å². The van der Waals surface area contributed by atoms with E-state index >= 15 is 0 Å². The Morgan fingerprint density at radius 1 is 1.07 bits per heavy atom. The highest BCUT2D eigenvalue weighted by atomic mass is 35.5. The third-order valence-electron chi connectivity index (χ3n) is 4.99. The molecule has 1 aliphatic carbocycles. The van der Waals surface area contributed by atoms with Crippen LogP contribution in [0.1, 0.15) is 37.3 Å². The molecule has 0 saturated carbocycles. The van der Waals surface area contributed by atoms with Gasteiger partial charge >= 0.3 is 0 Å². The second-order valence-corrected chi connectivity index (χ2v) is 7.24.